The van der Waals surface area contributed by atoms with Crippen LogP contribution in [0.25, 0.3) is 0 Å². The quantitative estimate of drug-likeness (QED) is 0.846. The summed E-state index contributed by atoms with van der Waals surface area (Å²) in [5, 5.41) is 0. The van der Waals surface area contributed by atoms with Gasteiger partial charge >= 0.3 is 0 Å². The van der Waals surface area contributed by atoms with E-state index in [1.165, 1.54) is 5.56 Å². The van der Waals surface area contributed by atoms with Gasteiger partial charge in [-0.1, -0.05) is 30.3 Å². The second-order valence-corrected chi connectivity index (χ2v) is 6.00. The van der Waals surface area contributed by atoms with Gasteiger partial charge < -0.3 is 14.2 Å². The van der Waals surface area contributed by atoms with Crippen LogP contribution in [0.4, 0.5) is 0 Å². The number of ether oxygens (including phenoxy) is 3. The molecule has 0 N–H and O–H groups in total. The Morgan fingerprint density at radius 3 is 2.70 bits per heavy atom. The molecule has 0 bridgehead atoms. The van der Waals surface area contributed by atoms with Gasteiger partial charge in [0.25, 0.3) is 0 Å². The third kappa shape index (κ3) is 3.38. The molecule has 3 rings (SSSR count). The number of hydrogen-bond donors (Lipinski definition) is 0. The van der Waals surface area contributed by atoms with Crippen LogP contribution in [0.3, 0.4) is 0 Å². The Labute approximate surface area is 120 Å². The molecule has 0 saturated carbocycles. The maximum atomic E-state index is 5.91. The van der Waals surface area contributed by atoms with Crippen LogP contribution in [0.15, 0.2) is 30.3 Å². The Morgan fingerprint density at radius 1 is 1.20 bits per heavy atom. The van der Waals surface area contributed by atoms with Crippen molar-refractivity contribution in [2.45, 2.75) is 38.4 Å². The molecule has 2 unspecified atom stereocenters. The fourth-order valence-electron chi connectivity index (χ4n) is 2.84. The highest BCUT2D eigenvalue weighted by Crippen LogP contribution is 2.27. The molecule has 0 radical (unpaired) electrons. The molecule has 4 heteroatoms. The Morgan fingerprint density at radius 2 is 2.00 bits per heavy atom. The lowest BCUT2D eigenvalue weighted by Gasteiger charge is -2.35. The summed E-state index contributed by atoms with van der Waals surface area (Å²) in [6, 6.07) is 10.6. The Bertz CT molecular complexity index is 435. The molecule has 1 aromatic carbocycles. The second-order valence-electron chi connectivity index (χ2n) is 6.00. The summed E-state index contributed by atoms with van der Waals surface area (Å²) in [6.45, 7) is 8.14. The van der Waals surface area contributed by atoms with Crippen LogP contribution in [0.1, 0.15) is 19.4 Å². The van der Waals surface area contributed by atoms with Crippen molar-refractivity contribution < 1.29 is 14.2 Å². The Kier molecular flexibility index (Phi) is 4.08. The maximum Gasteiger partial charge on any atom is 0.163 e. The Hall–Kier alpha value is -0.940. The molecule has 2 fully saturated rings. The van der Waals surface area contributed by atoms with Gasteiger partial charge in [0.05, 0.1) is 19.3 Å². The molecular weight excluding hydrogens is 254 g/mol. The molecule has 2 atom stereocenters. The molecule has 2 aliphatic heterocycles. The van der Waals surface area contributed by atoms with Crippen LogP contribution in [0, 0.1) is 0 Å². The van der Waals surface area contributed by atoms with Crippen molar-refractivity contribution in [1.29, 1.82) is 0 Å². The van der Waals surface area contributed by atoms with E-state index in [2.05, 4.69) is 35.2 Å². The summed E-state index contributed by atoms with van der Waals surface area (Å²) in [5.74, 6) is -0.476. The van der Waals surface area contributed by atoms with E-state index in [0.717, 1.165) is 26.2 Å². The summed E-state index contributed by atoms with van der Waals surface area (Å²) in [5.41, 5.74) is 1.34. The first-order chi connectivity index (χ1) is 9.62. The minimum atomic E-state index is -0.476. The second kappa shape index (κ2) is 5.82. The zero-order valence-electron chi connectivity index (χ0n) is 12.2. The molecule has 2 saturated heterocycles. The van der Waals surface area contributed by atoms with Gasteiger partial charge in [0.1, 0.15) is 6.10 Å². The molecule has 0 aliphatic carbocycles. The molecule has 0 aromatic heterocycles. The minimum absolute atomic E-state index is 0.0450. The van der Waals surface area contributed by atoms with Crippen LogP contribution in [0.2, 0.25) is 0 Å². The maximum absolute atomic E-state index is 5.91. The van der Waals surface area contributed by atoms with Crippen molar-refractivity contribution >= 4 is 0 Å². The topological polar surface area (TPSA) is 30.9 Å². The lowest BCUT2D eigenvalue weighted by atomic mass is 10.1. The lowest BCUT2D eigenvalue weighted by Crippen LogP contribution is -2.48. The average Bonchev–Trinajstić information content (AvgIpc) is 2.81. The highest BCUT2D eigenvalue weighted by molar-refractivity contribution is 5.14. The van der Waals surface area contributed by atoms with Gasteiger partial charge in [-0.3, -0.25) is 4.90 Å². The van der Waals surface area contributed by atoms with E-state index in [9.17, 15) is 0 Å². The summed E-state index contributed by atoms with van der Waals surface area (Å²) in [6.07, 6.45) is 0.151. The van der Waals surface area contributed by atoms with Crippen molar-refractivity contribution in [3.8, 4) is 0 Å². The van der Waals surface area contributed by atoms with Gasteiger partial charge in [-0.2, -0.15) is 0 Å². The van der Waals surface area contributed by atoms with E-state index >= 15 is 0 Å². The highest BCUT2D eigenvalue weighted by atomic mass is 16.7. The van der Waals surface area contributed by atoms with Crippen molar-refractivity contribution in [2.75, 3.05) is 26.3 Å². The fourth-order valence-corrected chi connectivity index (χ4v) is 2.84. The summed E-state index contributed by atoms with van der Waals surface area (Å²) in [7, 11) is 0. The van der Waals surface area contributed by atoms with Crippen LogP contribution in [-0.2, 0) is 20.8 Å². The summed E-state index contributed by atoms with van der Waals surface area (Å²) < 4.78 is 17.4. The zero-order valence-corrected chi connectivity index (χ0v) is 12.2. The van der Waals surface area contributed by atoms with Crippen molar-refractivity contribution in [3.63, 3.8) is 0 Å². The van der Waals surface area contributed by atoms with Crippen molar-refractivity contribution in [3.05, 3.63) is 35.9 Å². The third-order valence-electron chi connectivity index (χ3n) is 3.87. The number of morpholine rings is 1. The molecule has 20 heavy (non-hydrogen) atoms. The number of hydrogen-bond acceptors (Lipinski definition) is 4. The first-order valence-corrected chi connectivity index (χ1v) is 7.32. The third-order valence-corrected chi connectivity index (χ3v) is 3.87. The van der Waals surface area contributed by atoms with Gasteiger partial charge in [-0.25, -0.2) is 0 Å². The van der Waals surface area contributed by atoms with Crippen molar-refractivity contribution in [1.82, 2.24) is 4.90 Å². The molecule has 1 aromatic rings. The van der Waals surface area contributed by atoms with E-state index in [0.29, 0.717) is 6.61 Å². The molecule has 110 valence electrons. The van der Waals surface area contributed by atoms with Crippen LogP contribution in [0.5, 0.6) is 0 Å². The van der Waals surface area contributed by atoms with Crippen LogP contribution in [-0.4, -0.2) is 49.2 Å². The smallest absolute Gasteiger partial charge is 0.163 e. The standard InChI is InChI=1S/C16H23NO3/c1-16(2)19-12-15(20-16)14-11-17(8-9-18-14)10-13-6-4-3-5-7-13/h3-7,14-15H,8-12H2,1-2H3. The van der Waals surface area contributed by atoms with E-state index in [1.54, 1.807) is 0 Å². The molecule has 0 amide bonds. The SMILES string of the molecule is CC1(C)OCC(C2CN(Cc3ccccc3)CCO2)O1. The predicted molar refractivity (Wildman–Crippen MR) is 76.4 cm³/mol. The molecule has 2 aliphatic rings. The number of nitrogens with zero attached hydrogens (tertiary/aromatic N) is 1. The first kappa shape index (κ1) is 14.0. The van der Waals surface area contributed by atoms with E-state index in [4.69, 9.17) is 14.2 Å². The van der Waals surface area contributed by atoms with Gasteiger partial charge in [0, 0.05) is 19.6 Å². The summed E-state index contributed by atoms with van der Waals surface area (Å²) >= 11 is 0. The first-order valence-electron chi connectivity index (χ1n) is 7.32. The molecular formula is C16H23NO3. The number of benzene rings is 1. The van der Waals surface area contributed by atoms with Crippen LogP contribution >= 0.6 is 0 Å². The predicted octanol–water partition coefficient (Wildman–Crippen LogP) is 2.04. The fraction of sp³-hybridized carbons (Fsp3) is 0.625. The minimum Gasteiger partial charge on any atom is -0.373 e. The molecule has 4 nitrogen and oxygen atoms in total. The monoisotopic (exact) mass is 277 g/mol. The largest absolute Gasteiger partial charge is 0.373 e. The summed E-state index contributed by atoms with van der Waals surface area (Å²) in [4.78, 5) is 2.43. The molecule has 0 spiro atoms. The van der Waals surface area contributed by atoms with E-state index in [-0.39, 0.29) is 12.2 Å². The molecule has 2 heterocycles. The van der Waals surface area contributed by atoms with E-state index in [1.807, 2.05) is 13.8 Å². The average molecular weight is 277 g/mol. The van der Waals surface area contributed by atoms with E-state index < -0.39 is 5.79 Å². The normalized spacial score (nSPS) is 30.5. The Balaban J connectivity index is 1.57. The van der Waals surface area contributed by atoms with Crippen molar-refractivity contribution in [2.24, 2.45) is 0 Å². The number of rotatable bonds is 3. The highest BCUT2D eigenvalue weighted by Gasteiger charge is 2.39. The zero-order chi connectivity index (χ0) is 14.0. The van der Waals surface area contributed by atoms with Crippen LogP contribution < -0.4 is 0 Å². The van der Waals surface area contributed by atoms with Gasteiger partial charge in [-0.05, 0) is 19.4 Å². The van der Waals surface area contributed by atoms with Gasteiger partial charge in [-0.15, -0.1) is 0 Å². The van der Waals surface area contributed by atoms with Gasteiger partial charge in [0.15, 0.2) is 5.79 Å². The lowest BCUT2D eigenvalue weighted by molar-refractivity contribution is -0.165. The van der Waals surface area contributed by atoms with Gasteiger partial charge in [0.2, 0.25) is 0 Å².